The molecule has 0 spiro atoms. The Balaban J connectivity index is 0.000000720. The summed E-state index contributed by atoms with van der Waals surface area (Å²) in [4.78, 5) is 11.2. The van der Waals surface area contributed by atoms with Crippen LogP contribution in [0.15, 0.2) is 11.3 Å². The predicted octanol–water partition coefficient (Wildman–Crippen LogP) is 0.566. The second-order valence-electron chi connectivity index (χ2n) is 2.99. The lowest BCUT2D eigenvalue weighted by molar-refractivity contribution is -0.118. The Morgan fingerprint density at radius 2 is 1.92 bits per heavy atom. The van der Waals surface area contributed by atoms with E-state index in [0.717, 1.165) is 37.9 Å². The third-order valence-corrected chi connectivity index (χ3v) is 2.24. The molecule has 2 aliphatic heterocycles. The second kappa shape index (κ2) is 3.81. The summed E-state index contributed by atoms with van der Waals surface area (Å²) in [5.41, 5.74) is 2.17. The van der Waals surface area contributed by atoms with E-state index in [4.69, 9.17) is 0 Å². The highest BCUT2D eigenvalue weighted by Gasteiger charge is 2.21. The Kier molecular flexibility index (Phi) is 2.98. The first-order valence-corrected chi connectivity index (χ1v) is 4.12. The zero-order chi connectivity index (χ0) is 7.68. The summed E-state index contributed by atoms with van der Waals surface area (Å²) in [6.07, 6.45) is 3.03. The van der Waals surface area contributed by atoms with Crippen molar-refractivity contribution in [1.29, 1.82) is 0 Å². The summed E-state index contributed by atoms with van der Waals surface area (Å²) < 4.78 is 0. The normalized spacial score (nSPS) is 21.8. The van der Waals surface area contributed by atoms with E-state index in [9.17, 15) is 4.79 Å². The molecule has 2 heterocycles. The minimum Gasteiger partial charge on any atom is -0.388 e. The van der Waals surface area contributed by atoms with Crippen LogP contribution >= 0.6 is 12.4 Å². The maximum absolute atomic E-state index is 11.2. The van der Waals surface area contributed by atoms with Gasteiger partial charge in [0.05, 0.1) is 0 Å². The van der Waals surface area contributed by atoms with E-state index in [0.29, 0.717) is 0 Å². The summed E-state index contributed by atoms with van der Waals surface area (Å²) in [6, 6.07) is 0. The number of halogens is 1. The van der Waals surface area contributed by atoms with E-state index >= 15 is 0 Å². The molecule has 0 saturated carbocycles. The van der Waals surface area contributed by atoms with Gasteiger partial charge in [0.2, 0.25) is 5.91 Å². The van der Waals surface area contributed by atoms with Gasteiger partial charge in [0, 0.05) is 30.8 Å². The monoisotopic (exact) mass is 188 g/mol. The SMILES string of the molecule is Cl.O=C1NCCC2=C1CCCN2. The van der Waals surface area contributed by atoms with Crippen LogP contribution in [0.3, 0.4) is 0 Å². The second-order valence-corrected chi connectivity index (χ2v) is 2.99. The zero-order valence-corrected chi connectivity index (χ0v) is 7.67. The lowest BCUT2D eigenvalue weighted by Gasteiger charge is -2.25. The van der Waals surface area contributed by atoms with Crippen molar-refractivity contribution in [1.82, 2.24) is 10.6 Å². The largest absolute Gasteiger partial charge is 0.388 e. The number of carbonyl (C=O) groups excluding carboxylic acids is 1. The number of nitrogens with one attached hydrogen (secondary N) is 2. The fourth-order valence-corrected chi connectivity index (χ4v) is 1.66. The molecule has 0 aliphatic carbocycles. The molecule has 4 heteroatoms. The molecule has 0 aromatic carbocycles. The number of amides is 1. The first-order valence-electron chi connectivity index (χ1n) is 4.12. The van der Waals surface area contributed by atoms with Crippen LogP contribution in [-0.4, -0.2) is 19.0 Å². The topological polar surface area (TPSA) is 41.1 Å². The Morgan fingerprint density at radius 3 is 2.67 bits per heavy atom. The molecule has 0 radical (unpaired) electrons. The molecule has 0 atom stereocenters. The van der Waals surface area contributed by atoms with Gasteiger partial charge in [-0.05, 0) is 12.8 Å². The molecule has 0 unspecified atom stereocenters. The van der Waals surface area contributed by atoms with Gasteiger partial charge in [0.1, 0.15) is 0 Å². The van der Waals surface area contributed by atoms with Gasteiger partial charge in [-0.15, -0.1) is 12.4 Å². The first kappa shape index (κ1) is 9.39. The highest BCUT2D eigenvalue weighted by atomic mass is 35.5. The van der Waals surface area contributed by atoms with E-state index in [1.807, 2.05) is 0 Å². The molecular weight excluding hydrogens is 176 g/mol. The number of hydrogen-bond donors (Lipinski definition) is 2. The van der Waals surface area contributed by atoms with Gasteiger partial charge >= 0.3 is 0 Å². The zero-order valence-electron chi connectivity index (χ0n) is 6.85. The summed E-state index contributed by atoms with van der Waals surface area (Å²) in [5.74, 6) is 0.137. The Labute approximate surface area is 78.0 Å². The lowest BCUT2D eigenvalue weighted by Crippen LogP contribution is -2.38. The molecule has 3 nitrogen and oxygen atoms in total. The Morgan fingerprint density at radius 1 is 1.08 bits per heavy atom. The fraction of sp³-hybridized carbons (Fsp3) is 0.625. The van der Waals surface area contributed by atoms with Crippen molar-refractivity contribution < 1.29 is 4.79 Å². The number of hydrogen-bond acceptors (Lipinski definition) is 2. The maximum atomic E-state index is 11.2. The molecule has 0 saturated heterocycles. The molecule has 1 amide bonds. The number of rotatable bonds is 0. The van der Waals surface area contributed by atoms with Crippen LogP contribution in [-0.2, 0) is 4.79 Å². The van der Waals surface area contributed by atoms with Crippen LogP contribution in [0, 0.1) is 0 Å². The molecule has 2 rings (SSSR count). The van der Waals surface area contributed by atoms with Crippen LogP contribution < -0.4 is 10.6 Å². The lowest BCUT2D eigenvalue weighted by atomic mass is 9.99. The Bertz CT molecular complexity index is 221. The molecule has 2 N–H and O–H groups in total. The summed E-state index contributed by atoms with van der Waals surface area (Å²) in [6.45, 7) is 1.83. The van der Waals surface area contributed by atoms with Gasteiger partial charge in [0.25, 0.3) is 0 Å². The quantitative estimate of drug-likeness (QED) is 0.584. The Hall–Kier alpha value is -0.700. The van der Waals surface area contributed by atoms with Gasteiger partial charge in [-0.25, -0.2) is 0 Å². The molecular formula is C8H13ClN2O. The molecule has 2 aliphatic rings. The summed E-state index contributed by atoms with van der Waals surface area (Å²) >= 11 is 0. The van der Waals surface area contributed by atoms with Crippen LogP contribution in [0.5, 0.6) is 0 Å². The average molecular weight is 189 g/mol. The van der Waals surface area contributed by atoms with Crippen molar-refractivity contribution in [2.24, 2.45) is 0 Å². The minimum absolute atomic E-state index is 0. The first-order chi connectivity index (χ1) is 5.38. The number of carbonyl (C=O) groups is 1. The van der Waals surface area contributed by atoms with E-state index in [1.165, 1.54) is 5.70 Å². The highest BCUT2D eigenvalue weighted by molar-refractivity contribution is 5.95. The third kappa shape index (κ3) is 1.55. The van der Waals surface area contributed by atoms with Crippen molar-refractivity contribution in [3.8, 4) is 0 Å². The van der Waals surface area contributed by atoms with Crippen molar-refractivity contribution in [2.45, 2.75) is 19.3 Å². The van der Waals surface area contributed by atoms with Gasteiger partial charge < -0.3 is 10.6 Å². The average Bonchev–Trinajstić information content (AvgIpc) is 2.06. The fourth-order valence-electron chi connectivity index (χ4n) is 1.66. The molecule has 0 bridgehead atoms. The van der Waals surface area contributed by atoms with E-state index in [2.05, 4.69) is 10.6 Å². The van der Waals surface area contributed by atoms with Gasteiger partial charge in [-0.2, -0.15) is 0 Å². The van der Waals surface area contributed by atoms with E-state index in [-0.39, 0.29) is 18.3 Å². The molecule has 0 fully saturated rings. The van der Waals surface area contributed by atoms with Crippen molar-refractivity contribution in [3.63, 3.8) is 0 Å². The highest BCUT2D eigenvalue weighted by Crippen LogP contribution is 2.19. The molecule has 12 heavy (non-hydrogen) atoms. The molecule has 0 aromatic rings. The third-order valence-electron chi connectivity index (χ3n) is 2.24. The summed E-state index contributed by atoms with van der Waals surface area (Å²) in [7, 11) is 0. The van der Waals surface area contributed by atoms with Crippen LogP contribution in [0.4, 0.5) is 0 Å². The maximum Gasteiger partial charge on any atom is 0.248 e. The van der Waals surface area contributed by atoms with Gasteiger partial charge in [-0.3, -0.25) is 4.79 Å². The van der Waals surface area contributed by atoms with Crippen LogP contribution in [0.2, 0.25) is 0 Å². The van der Waals surface area contributed by atoms with Crippen LogP contribution in [0.25, 0.3) is 0 Å². The molecule has 0 aromatic heterocycles. The van der Waals surface area contributed by atoms with Gasteiger partial charge in [-0.1, -0.05) is 0 Å². The van der Waals surface area contributed by atoms with Gasteiger partial charge in [0.15, 0.2) is 0 Å². The van der Waals surface area contributed by atoms with Crippen molar-refractivity contribution in [3.05, 3.63) is 11.3 Å². The van der Waals surface area contributed by atoms with Crippen LogP contribution in [0.1, 0.15) is 19.3 Å². The standard InChI is InChI=1S/C8H12N2O.ClH/c11-8-6-2-1-4-9-7(6)3-5-10-8;/h9H,1-5H2,(H,10,11);1H. The van der Waals surface area contributed by atoms with Crippen molar-refractivity contribution >= 4 is 18.3 Å². The smallest absolute Gasteiger partial charge is 0.248 e. The molecule has 68 valence electrons. The minimum atomic E-state index is 0. The van der Waals surface area contributed by atoms with Crippen molar-refractivity contribution in [2.75, 3.05) is 13.1 Å². The van der Waals surface area contributed by atoms with E-state index in [1.54, 1.807) is 0 Å². The summed E-state index contributed by atoms with van der Waals surface area (Å²) in [5, 5.41) is 6.11. The van der Waals surface area contributed by atoms with E-state index < -0.39 is 0 Å². The predicted molar refractivity (Wildman–Crippen MR) is 49.1 cm³/mol.